The second-order valence-electron chi connectivity index (χ2n) is 8.87. The maximum absolute atomic E-state index is 11.6. The summed E-state index contributed by atoms with van der Waals surface area (Å²) >= 11 is 0. The molecule has 1 aliphatic heterocycles. The number of nitriles is 1. The zero-order valence-electron chi connectivity index (χ0n) is 21.1. The Morgan fingerprint density at radius 3 is 2.51 bits per heavy atom. The second-order valence-corrected chi connectivity index (χ2v) is 8.87. The molecule has 2 aromatic carbocycles. The number of anilines is 5. The summed E-state index contributed by atoms with van der Waals surface area (Å²) in [7, 11) is 2.09. The quantitative estimate of drug-likeness (QED) is 0.416. The number of hydrogen-bond donors (Lipinski definition) is 3. The Balaban J connectivity index is 1.61. The molecule has 11 nitrogen and oxygen atoms in total. The van der Waals surface area contributed by atoms with E-state index in [2.05, 4.69) is 43.5 Å². The molecule has 1 aromatic heterocycles. The number of aromatic nitrogens is 2. The third-order valence-corrected chi connectivity index (χ3v) is 5.70. The van der Waals surface area contributed by atoms with Gasteiger partial charge in [0.15, 0.2) is 11.6 Å². The Hall–Kier alpha value is -4.56. The monoisotopic (exact) mass is 502 g/mol. The summed E-state index contributed by atoms with van der Waals surface area (Å²) in [4.78, 5) is 24.8. The number of likely N-dealkylation sites (N-methyl/N-ethyl adjacent to an activating group) is 1. The first-order chi connectivity index (χ1) is 17.8. The zero-order chi connectivity index (χ0) is 26.4. The Morgan fingerprint density at radius 2 is 1.81 bits per heavy atom. The summed E-state index contributed by atoms with van der Waals surface area (Å²) in [6.45, 7) is 7.46. The standard InChI is InChI=1S/C26H30N8O3/c1-17(2)36-22-7-5-4-6-20(22)30-24-18(15-27)16-29-26(32-24)31-21-9-8-19(14-23(21)37-25(28)35)34-12-10-33(3)11-13-34/h4-9,14,16-17H,10-13H2,1-3H3,(H2,28,35)(H2,29,30,31,32). The van der Waals surface area contributed by atoms with E-state index in [1.54, 1.807) is 12.1 Å². The number of amides is 1. The van der Waals surface area contributed by atoms with E-state index in [1.807, 2.05) is 44.2 Å². The van der Waals surface area contributed by atoms with Gasteiger partial charge in [-0.15, -0.1) is 0 Å². The average Bonchev–Trinajstić information content (AvgIpc) is 2.86. The van der Waals surface area contributed by atoms with E-state index in [-0.39, 0.29) is 23.4 Å². The lowest BCUT2D eigenvalue weighted by molar-refractivity contribution is 0.211. The van der Waals surface area contributed by atoms with Crippen molar-refractivity contribution in [1.82, 2.24) is 14.9 Å². The van der Waals surface area contributed by atoms with E-state index >= 15 is 0 Å². The van der Waals surface area contributed by atoms with Crippen molar-refractivity contribution >= 4 is 34.9 Å². The molecule has 0 radical (unpaired) electrons. The van der Waals surface area contributed by atoms with Crippen LogP contribution in [0, 0.1) is 11.3 Å². The number of nitrogens with zero attached hydrogens (tertiary/aromatic N) is 5. The van der Waals surface area contributed by atoms with Gasteiger partial charge < -0.3 is 35.6 Å². The molecule has 3 aromatic rings. The fourth-order valence-electron chi connectivity index (χ4n) is 3.86. The molecule has 4 N–H and O–H groups in total. The van der Waals surface area contributed by atoms with Crippen LogP contribution in [0.25, 0.3) is 0 Å². The number of ether oxygens (including phenoxy) is 2. The lowest BCUT2D eigenvalue weighted by Gasteiger charge is -2.34. The molecule has 0 atom stereocenters. The molecule has 0 bridgehead atoms. The van der Waals surface area contributed by atoms with Crippen LogP contribution in [-0.4, -0.2) is 60.3 Å². The number of carbonyl (C=O) groups is 1. The fraction of sp³-hybridized carbons (Fsp3) is 0.308. The van der Waals surface area contributed by atoms with E-state index in [0.29, 0.717) is 22.9 Å². The minimum absolute atomic E-state index is 0.0292. The van der Waals surface area contributed by atoms with Crippen LogP contribution in [0.1, 0.15) is 19.4 Å². The molecule has 0 saturated carbocycles. The van der Waals surface area contributed by atoms with Gasteiger partial charge in [-0.1, -0.05) is 12.1 Å². The molecule has 11 heteroatoms. The summed E-state index contributed by atoms with van der Waals surface area (Å²) in [5, 5.41) is 15.9. The first-order valence-corrected chi connectivity index (χ1v) is 11.9. The minimum Gasteiger partial charge on any atom is -0.489 e. The minimum atomic E-state index is -0.927. The predicted octanol–water partition coefficient (Wildman–Crippen LogP) is 3.83. The molecule has 192 valence electrons. The van der Waals surface area contributed by atoms with Gasteiger partial charge in [0.1, 0.15) is 17.4 Å². The maximum Gasteiger partial charge on any atom is 0.410 e. The Bertz CT molecular complexity index is 1300. The fourth-order valence-corrected chi connectivity index (χ4v) is 3.86. The maximum atomic E-state index is 11.6. The highest BCUT2D eigenvalue weighted by Gasteiger charge is 2.18. The van der Waals surface area contributed by atoms with Crippen molar-refractivity contribution in [2.75, 3.05) is 48.8 Å². The highest BCUT2D eigenvalue weighted by atomic mass is 16.5. The van der Waals surface area contributed by atoms with Crippen molar-refractivity contribution in [2.45, 2.75) is 20.0 Å². The Morgan fingerprint density at radius 1 is 1.08 bits per heavy atom. The number of rotatable bonds is 8. The summed E-state index contributed by atoms with van der Waals surface area (Å²) in [5.41, 5.74) is 7.62. The van der Waals surface area contributed by atoms with E-state index in [1.165, 1.54) is 6.20 Å². The number of carbonyl (C=O) groups excluding carboxylic acids is 1. The van der Waals surface area contributed by atoms with Gasteiger partial charge in [0.05, 0.1) is 23.7 Å². The van der Waals surface area contributed by atoms with Gasteiger partial charge in [0.2, 0.25) is 5.95 Å². The van der Waals surface area contributed by atoms with Gasteiger partial charge >= 0.3 is 6.09 Å². The molecule has 1 amide bonds. The normalized spacial score (nSPS) is 13.6. The number of nitrogens with one attached hydrogen (secondary N) is 2. The van der Waals surface area contributed by atoms with Crippen LogP contribution in [0.15, 0.2) is 48.7 Å². The summed E-state index contributed by atoms with van der Waals surface area (Å²) < 4.78 is 11.2. The van der Waals surface area contributed by atoms with Crippen molar-refractivity contribution in [3.05, 3.63) is 54.2 Å². The number of hydrogen-bond acceptors (Lipinski definition) is 10. The third-order valence-electron chi connectivity index (χ3n) is 5.70. The van der Waals surface area contributed by atoms with Crippen molar-refractivity contribution < 1.29 is 14.3 Å². The molecule has 37 heavy (non-hydrogen) atoms. The van der Waals surface area contributed by atoms with Crippen LogP contribution in [-0.2, 0) is 0 Å². The first kappa shape index (κ1) is 25.5. The molecule has 1 fully saturated rings. The number of primary amides is 1. The van der Waals surface area contributed by atoms with Crippen molar-refractivity contribution in [1.29, 1.82) is 5.26 Å². The SMILES string of the molecule is CC(C)Oc1ccccc1Nc1nc(Nc2ccc(N3CCN(C)CC3)cc2OC(N)=O)ncc1C#N. The molecular weight excluding hydrogens is 472 g/mol. The molecule has 0 spiro atoms. The van der Waals surface area contributed by atoms with Crippen LogP contribution in [0.5, 0.6) is 11.5 Å². The average molecular weight is 503 g/mol. The second kappa shape index (κ2) is 11.5. The molecular formula is C26H30N8O3. The van der Waals surface area contributed by atoms with Crippen LogP contribution in [0.3, 0.4) is 0 Å². The smallest absolute Gasteiger partial charge is 0.410 e. The molecule has 2 heterocycles. The lowest BCUT2D eigenvalue weighted by atomic mass is 10.2. The highest BCUT2D eigenvalue weighted by Crippen LogP contribution is 2.33. The molecule has 0 aliphatic carbocycles. The number of para-hydroxylation sites is 2. The van der Waals surface area contributed by atoms with Crippen molar-refractivity contribution in [2.24, 2.45) is 5.73 Å². The molecule has 0 unspecified atom stereocenters. The molecule has 1 saturated heterocycles. The summed E-state index contributed by atoms with van der Waals surface area (Å²) in [5.74, 6) is 1.38. The van der Waals surface area contributed by atoms with Crippen LogP contribution in [0.4, 0.5) is 33.6 Å². The Labute approximate surface area is 215 Å². The van der Waals surface area contributed by atoms with Crippen molar-refractivity contribution in [3.8, 4) is 17.6 Å². The first-order valence-electron chi connectivity index (χ1n) is 11.9. The molecule has 1 aliphatic rings. The van der Waals surface area contributed by atoms with E-state index in [4.69, 9.17) is 15.2 Å². The van der Waals surface area contributed by atoms with Crippen LogP contribution >= 0.6 is 0 Å². The molecule has 4 rings (SSSR count). The predicted molar refractivity (Wildman–Crippen MR) is 142 cm³/mol. The summed E-state index contributed by atoms with van der Waals surface area (Å²) in [6, 6.07) is 15.0. The highest BCUT2D eigenvalue weighted by molar-refractivity contribution is 5.76. The van der Waals surface area contributed by atoms with Crippen LogP contribution < -0.4 is 30.7 Å². The lowest BCUT2D eigenvalue weighted by Crippen LogP contribution is -2.44. The Kier molecular flexibility index (Phi) is 7.90. The van der Waals surface area contributed by atoms with Crippen molar-refractivity contribution in [3.63, 3.8) is 0 Å². The van der Waals surface area contributed by atoms with Gasteiger partial charge in [0, 0.05) is 37.9 Å². The van der Waals surface area contributed by atoms with E-state index in [9.17, 15) is 10.1 Å². The zero-order valence-corrected chi connectivity index (χ0v) is 21.1. The number of piperazine rings is 1. The van der Waals surface area contributed by atoms with Crippen LogP contribution in [0.2, 0.25) is 0 Å². The van der Waals surface area contributed by atoms with E-state index in [0.717, 1.165) is 31.9 Å². The van der Waals surface area contributed by atoms with Gasteiger partial charge in [-0.05, 0) is 45.2 Å². The third kappa shape index (κ3) is 6.56. The van der Waals surface area contributed by atoms with Gasteiger partial charge in [-0.25, -0.2) is 9.78 Å². The van der Waals surface area contributed by atoms with Gasteiger partial charge in [0.25, 0.3) is 0 Å². The topological polar surface area (TPSA) is 142 Å². The largest absolute Gasteiger partial charge is 0.489 e. The van der Waals surface area contributed by atoms with Gasteiger partial charge in [-0.2, -0.15) is 10.2 Å². The summed E-state index contributed by atoms with van der Waals surface area (Å²) in [6.07, 6.45) is 0.457. The van der Waals surface area contributed by atoms with Gasteiger partial charge in [-0.3, -0.25) is 0 Å². The number of benzene rings is 2. The van der Waals surface area contributed by atoms with E-state index < -0.39 is 6.09 Å². The number of nitrogens with two attached hydrogens (primary N) is 1.